The van der Waals surface area contributed by atoms with Gasteiger partial charge in [0.15, 0.2) is 0 Å². The highest BCUT2D eigenvalue weighted by molar-refractivity contribution is 5.93. The van der Waals surface area contributed by atoms with E-state index in [1.165, 1.54) is 0 Å². The Morgan fingerprint density at radius 1 is 1.23 bits per heavy atom. The summed E-state index contributed by atoms with van der Waals surface area (Å²) >= 11 is 0. The first-order valence-corrected chi connectivity index (χ1v) is 7.86. The summed E-state index contributed by atoms with van der Waals surface area (Å²) in [6.45, 7) is 2.61. The normalized spacial score (nSPS) is 15.4. The van der Waals surface area contributed by atoms with Crippen LogP contribution >= 0.6 is 0 Å². The lowest BCUT2D eigenvalue weighted by Gasteiger charge is -2.25. The quantitative estimate of drug-likeness (QED) is 0.864. The highest BCUT2D eigenvalue weighted by atomic mass is 16.2. The first-order chi connectivity index (χ1) is 10.6. The van der Waals surface area contributed by atoms with E-state index < -0.39 is 0 Å². The lowest BCUT2D eigenvalue weighted by atomic mass is 9.94. The highest BCUT2D eigenvalue weighted by Crippen LogP contribution is 2.17. The van der Waals surface area contributed by atoms with Crippen LogP contribution in [0.15, 0.2) is 24.3 Å². The highest BCUT2D eigenvalue weighted by Gasteiger charge is 2.19. The summed E-state index contributed by atoms with van der Waals surface area (Å²) in [5.41, 5.74) is 1.67. The van der Waals surface area contributed by atoms with Crippen molar-refractivity contribution >= 4 is 11.8 Å². The number of amides is 2. The molecule has 1 aromatic carbocycles. The molecule has 1 aromatic rings. The molecule has 0 radical (unpaired) electrons. The third kappa shape index (κ3) is 4.56. The van der Waals surface area contributed by atoms with Gasteiger partial charge in [-0.15, -0.1) is 0 Å². The molecule has 0 bridgehead atoms. The molecule has 0 aliphatic carbocycles. The van der Waals surface area contributed by atoms with Gasteiger partial charge in [0, 0.05) is 32.6 Å². The zero-order valence-electron chi connectivity index (χ0n) is 13.4. The molecular formula is C17H25N3O2. The lowest BCUT2D eigenvalue weighted by Crippen LogP contribution is -2.33. The summed E-state index contributed by atoms with van der Waals surface area (Å²) in [7, 11) is 3.46. The maximum atomic E-state index is 12.3. The van der Waals surface area contributed by atoms with Crippen molar-refractivity contribution in [2.45, 2.75) is 25.8 Å². The first-order valence-electron chi connectivity index (χ1n) is 7.86. The summed E-state index contributed by atoms with van der Waals surface area (Å²) < 4.78 is 0. The second-order valence-corrected chi connectivity index (χ2v) is 5.92. The molecular weight excluding hydrogens is 278 g/mol. The molecule has 2 rings (SSSR count). The van der Waals surface area contributed by atoms with E-state index in [4.69, 9.17) is 0 Å². The van der Waals surface area contributed by atoms with Crippen LogP contribution < -0.4 is 10.6 Å². The Morgan fingerprint density at radius 3 is 2.45 bits per heavy atom. The van der Waals surface area contributed by atoms with Gasteiger partial charge in [-0.05, 0) is 49.5 Å². The second-order valence-electron chi connectivity index (χ2n) is 5.92. The zero-order valence-corrected chi connectivity index (χ0v) is 13.4. The minimum Gasteiger partial charge on any atom is -0.355 e. The number of hydrogen-bond acceptors (Lipinski definition) is 3. The van der Waals surface area contributed by atoms with Crippen molar-refractivity contribution in [1.29, 1.82) is 0 Å². The Hall–Kier alpha value is -1.88. The average Bonchev–Trinajstić information content (AvgIpc) is 2.55. The van der Waals surface area contributed by atoms with Gasteiger partial charge in [0.05, 0.1) is 0 Å². The molecule has 0 atom stereocenters. The maximum absolute atomic E-state index is 12.3. The molecule has 1 saturated heterocycles. The standard InChI is InChI=1S/C17H25N3O2/c1-18-17(22)15-5-3-14(4-6-15)12-20(2)16(21)11-13-7-9-19-10-8-13/h3-6,13,19H,7-12H2,1-2H3,(H,18,22). The first kappa shape index (κ1) is 16.5. The molecule has 5 heteroatoms. The summed E-state index contributed by atoms with van der Waals surface area (Å²) in [4.78, 5) is 25.5. The topological polar surface area (TPSA) is 61.4 Å². The minimum absolute atomic E-state index is 0.0955. The number of piperidine rings is 1. The van der Waals surface area contributed by atoms with Crippen molar-refractivity contribution in [2.75, 3.05) is 27.2 Å². The van der Waals surface area contributed by atoms with E-state index in [9.17, 15) is 9.59 Å². The number of carbonyl (C=O) groups is 2. The number of nitrogens with one attached hydrogen (secondary N) is 2. The summed E-state index contributed by atoms with van der Waals surface area (Å²) in [5, 5.41) is 5.92. The van der Waals surface area contributed by atoms with Gasteiger partial charge in [-0.1, -0.05) is 12.1 Å². The van der Waals surface area contributed by atoms with Gasteiger partial charge >= 0.3 is 0 Å². The van der Waals surface area contributed by atoms with Crippen molar-refractivity contribution < 1.29 is 9.59 Å². The largest absolute Gasteiger partial charge is 0.355 e. The van der Waals surface area contributed by atoms with Crippen LogP contribution in [0.2, 0.25) is 0 Å². The maximum Gasteiger partial charge on any atom is 0.251 e. The molecule has 1 fully saturated rings. The second kappa shape index (κ2) is 7.94. The molecule has 2 N–H and O–H groups in total. The van der Waals surface area contributed by atoms with Crippen LogP contribution in [0, 0.1) is 5.92 Å². The predicted octanol–water partition coefficient (Wildman–Crippen LogP) is 1.39. The van der Waals surface area contributed by atoms with Crippen LogP contribution in [0.3, 0.4) is 0 Å². The third-order valence-corrected chi connectivity index (χ3v) is 4.21. The number of hydrogen-bond donors (Lipinski definition) is 2. The summed E-state index contributed by atoms with van der Waals surface area (Å²) in [6, 6.07) is 7.39. The Bertz CT molecular complexity index is 507. The fraction of sp³-hybridized carbons (Fsp3) is 0.529. The molecule has 0 unspecified atom stereocenters. The Balaban J connectivity index is 1.86. The van der Waals surface area contributed by atoms with Crippen molar-refractivity contribution in [3.05, 3.63) is 35.4 Å². The van der Waals surface area contributed by atoms with Crippen molar-refractivity contribution in [2.24, 2.45) is 5.92 Å². The van der Waals surface area contributed by atoms with Crippen LogP contribution in [-0.4, -0.2) is 43.9 Å². The molecule has 1 aliphatic rings. The molecule has 22 heavy (non-hydrogen) atoms. The molecule has 1 heterocycles. The lowest BCUT2D eigenvalue weighted by molar-refractivity contribution is -0.131. The predicted molar refractivity (Wildman–Crippen MR) is 86.5 cm³/mol. The van der Waals surface area contributed by atoms with Gasteiger partial charge in [0.2, 0.25) is 5.91 Å². The van der Waals surface area contributed by atoms with E-state index in [-0.39, 0.29) is 11.8 Å². The van der Waals surface area contributed by atoms with Crippen molar-refractivity contribution in [3.8, 4) is 0 Å². The minimum atomic E-state index is -0.0955. The van der Waals surface area contributed by atoms with Gasteiger partial charge in [0.25, 0.3) is 5.91 Å². The van der Waals surface area contributed by atoms with E-state index in [2.05, 4.69) is 10.6 Å². The van der Waals surface area contributed by atoms with E-state index >= 15 is 0 Å². The molecule has 0 spiro atoms. The number of rotatable bonds is 5. The summed E-state index contributed by atoms with van der Waals surface area (Å²) in [5.74, 6) is 0.607. The Morgan fingerprint density at radius 2 is 1.86 bits per heavy atom. The summed E-state index contributed by atoms with van der Waals surface area (Å²) in [6.07, 6.45) is 2.80. The molecule has 0 aromatic heterocycles. The average molecular weight is 303 g/mol. The number of nitrogens with zero attached hydrogens (tertiary/aromatic N) is 1. The van der Waals surface area contributed by atoms with Crippen LogP contribution in [0.1, 0.15) is 35.2 Å². The molecule has 0 saturated carbocycles. The fourth-order valence-electron chi connectivity index (χ4n) is 2.76. The number of benzene rings is 1. The Labute approximate surface area is 132 Å². The van der Waals surface area contributed by atoms with E-state index in [1.807, 2.05) is 19.2 Å². The van der Waals surface area contributed by atoms with Crippen LogP contribution in [0.4, 0.5) is 0 Å². The number of carbonyl (C=O) groups excluding carboxylic acids is 2. The van der Waals surface area contributed by atoms with E-state index in [0.29, 0.717) is 24.4 Å². The van der Waals surface area contributed by atoms with Gasteiger partial charge in [-0.2, -0.15) is 0 Å². The smallest absolute Gasteiger partial charge is 0.251 e. The fourth-order valence-corrected chi connectivity index (χ4v) is 2.76. The van der Waals surface area contributed by atoms with Crippen LogP contribution in [0.5, 0.6) is 0 Å². The molecule has 5 nitrogen and oxygen atoms in total. The monoisotopic (exact) mass is 303 g/mol. The van der Waals surface area contributed by atoms with Gasteiger partial charge in [0.1, 0.15) is 0 Å². The molecule has 2 amide bonds. The van der Waals surface area contributed by atoms with Gasteiger partial charge in [-0.25, -0.2) is 0 Å². The van der Waals surface area contributed by atoms with Gasteiger partial charge in [-0.3, -0.25) is 9.59 Å². The van der Waals surface area contributed by atoms with Crippen LogP contribution in [0.25, 0.3) is 0 Å². The van der Waals surface area contributed by atoms with Crippen LogP contribution in [-0.2, 0) is 11.3 Å². The van der Waals surface area contributed by atoms with E-state index in [0.717, 1.165) is 31.5 Å². The molecule has 1 aliphatic heterocycles. The van der Waals surface area contributed by atoms with Crippen molar-refractivity contribution in [3.63, 3.8) is 0 Å². The Kier molecular flexibility index (Phi) is 5.95. The SMILES string of the molecule is CNC(=O)c1ccc(CN(C)C(=O)CC2CCNCC2)cc1. The van der Waals surface area contributed by atoms with E-state index in [1.54, 1.807) is 24.1 Å². The zero-order chi connectivity index (χ0) is 15.9. The van der Waals surface area contributed by atoms with Gasteiger partial charge < -0.3 is 15.5 Å². The third-order valence-electron chi connectivity index (χ3n) is 4.21. The van der Waals surface area contributed by atoms with Crippen molar-refractivity contribution in [1.82, 2.24) is 15.5 Å². The molecule has 120 valence electrons.